The summed E-state index contributed by atoms with van der Waals surface area (Å²) in [7, 11) is 1.90. The van der Waals surface area contributed by atoms with E-state index in [-0.39, 0.29) is 5.82 Å². The summed E-state index contributed by atoms with van der Waals surface area (Å²) in [4.78, 5) is 0. The fourth-order valence-corrected chi connectivity index (χ4v) is 2.39. The summed E-state index contributed by atoms with van der Waals surface area (Å²) in [6.07, 6.45) is 1.99. The van der Waals surface area contributed by atoms with Gasteiger partial charge in [-0.3, -0.25) is 4.68 Å². The maximum atomic E-state index is 13.2. The summed E-state index contributed by atoms with van der Waals surface area (Å²) >= 11 is 3.28. The van der Waals surface area contributed by atoms with E-state index in [9.17, 15) is 4.39 Å². The summed E-state index contributed by atoms with van der Waals surface area (Å²) < 4.78 is 15.7. The molecule has 1 aromatic heterocycles. The van der Waals surface area contributed by atoms with E-state index in [1.54, 1.807) is 4.68 Å². The maximum Gasteiger partial charge on any atom is 0.124 e. The molecule has 2 rings (SSSR count). The molecule has 0 unspecified atom stereocenters. The van der Waals surface area contributed by atoms with Crippen molar-refractivity contribution in [1.29, 1.82) is 0 Å². The molecule has 96 valence electrons. The number of aromatic nitrogens is 2. The minimum atomic E-state index is -0.223. The number of hydrogen-bond acceptors (Lipinski definition) is 2. The molecule has 0 amide bonds. The molecule has 18 heavy (non-hydrogen) atoms. The van der Waals surface area contributed by atoms with Gasteiger partial charge in [-0.25, -0.2) is 4.39 Å². The molecule has 0 atom stereocenters. The molecule has 0 spiro atoms. The summed E-state index contributed by atoms with van der Waals surface area (Å²) in [5.41, 5.74) is 3.10. The van der Waals surface area contributed by atoms with Crippen LogP contribution in [0.5, 0.6) is 0 Å². The van der Waals surface area contributed by atoms with E-state index in [0.717, 1.165) is 27.8 Å². The Balaban J connectivity index is 1.94. The topological polar surface area (TPSA) is 29.9 Å². The maximum absolute atomic E-state index is 13.2. The SMILES string of the molecule is Cc1nn(C)cc1CNCc1cc(F)cc(Br)c1. The summed E-state index contributed by atoms with van der Waals surface area (Å²) in [6.45, 7) is 3.34. The van der Waals surface area contributed by atoms with E-state index in [4.69, 9.17) is 0 Å². The first kappa shape index (κ1) is 13.2. The zero-order chi connectivity index (χ0) is 13.1. The van der Waals surface area contributed by atoms with Crippen LogP contribution < -0.4 is 5.32 Å². The van der Waals surface area contributed by atoms with Gasteiger partial charge in [-0.05, 0) is 30.7 Å². The Morgan fingerprint density at radius 1 is 1.33 bits per heavy atom. The lowest BCUT2D eigenvalue weighted by molar-refractivity contribution is 0.619. The van der Waals surface area contributed by atoms with E-state index in [1.807, 2.05) is 26.2 Å². The van der Waals surface area contributed by atoms with E-state index in [0.29, 0.717) is 6.54 Å². The largest absolute Gasteiger partial charge is 0.308 e. The van der Waals surface area contributed by atoms with Crippen LogP contribution in [-0.4, -0.2) is 9.78 Å². The highest BCUT2D eigenvalue weighted by Crippen LogP contribution is 2.15. The zero-order valence-corrected chi connectivity index (χ0v) is 12.0. The Labute approximate surface area is 114 Å². The average molecular weight is 312 g/mol. The highest BCUT2D eigenvalue weighted by atomic mass is 79.9. The van der Waals surface area contributed by atoms with Gasteiger partial charge in [0.05, 0.1) is 5.69 Å². The number of nitrogens with zero attached hydrogens (tertiary/aromatic N) is 2. The number of nitrogens with one attached hydrogen (secondary N) is 1. The van der Waals surface area contributed by atoms with Crippen molar-refractivity contribution in [3.8, 4) is 0 Å². The molecule has 1 aromatic carbocycles. The van der Waals surface area contributed by atoms with E-state index in [1.165, 1.54) is 12.1 Å². The summed E-state index contributed by atoms with van der Waals surface area (Å²) in [6, 6.07) is 4.90. The highest BCUT2D eigenvalue weighted by Gasteiger charge is 2.03. The molecular weight excluding hydrogens is 297 g/mol. The van der Waals surface area contributed by atoms with Gasteiger partial charge in [0.2, 0.25) is 0 Å². The average Bonchev–Trinajstić information content (AvgIpc) is 2.56. The molecule has 0 saturated carbocycles. The van der Waals surface area contributed by atoms with Crippen molar-refractivity contribution in [2.24, 2.45) is 7.05 Å². The van der Waals surface area contributed by atoms with Crippen molar-refractivity contribution in [1.82, 2.24) is 15.1 Å². The van der Waals surface area contributed by atoms with E-state index < -0.39 is 0 Å². The second-order valence-corrected chi connectivity index (χ2v) is 5.21. The van der Waals surface area contributed by atoms with Gasteiger partial charge in [-0.1, -0.05) is 15.9 Å². The van der Waals surface area contributed by atoms with Crippen molar-refractivity contribution in [3.63, 3.8) is 0 Å². The van der Waals surface area contributed by atoms with Crippen LogP contribution >= 0.6 is 15.9 Å². The normalized spacial score (nSPS) is 10.9. The van der Waals surface area contributed by atoms with Gasteiger partial charge < -0.3 is 5.32 Å². The first-order valence-corrected chi connectivity index (χ1v) is 6.48. The van der Waals surface area contributed by atoms with Crippen molar-refractivity contribution in [2.45, 2.75) is 20.0 Å². The lowest BCUT2D eigenvalue weighted by Gasteiger charge is -2.05. The Hall–Kier alpha value is -1.20. The number of benzene rings is 1. The van der Waals surface area contributed by atoms with Crippen molar-refractivity contribution in [3.05, 3.63) is 51.5 Å². The molecule has 1 N–H and O–H groups in total. The Kier molecular flexibility index (Phi) is 4.14. The number of aryl methyl sites for hydroxylation is 2. The van der Waals surface area contributed by atoms with Crippen LogP contribution in [0.1, 0.15) is 16.8 Å². The van der Waals surface area contributed by atoms with E-state index >= 15 is 0 Å². The minimum Gasteiger partial charge on any atom is -0.308 e. The zero-order valence-electron chi connectivity index (χ0n) is 10.4. The Morgan fingerprint density at radius 2 is 2.11 bits per heavy atom. The minimum absolute atomic E-state index is 0.223. The molecule has 3 nitrogen and oxygen atoms in total. The molecule has 2 aromatic rings. The molecule has 0 aliphatic carbocycles. The van der Waals surface area contributed by atoms with Crippen LogP contribution in [0.15, 0.2) is 28.9 Å². The lowest BCUT2D eigenvalue weighted by atomic mass is 10.2. The molecular formula is C13H15BrFN3. The molecule has 0 radical (unpaired) electrons. The molecule has 0 bridgehead atoms. The summed E-state index contributed by atoms with van der Waals surface area (Å²) in [5, 5.41) is 7.56. The first-order chi connectivity index (χ1) is 8.54. The predicted octanol–water partition coefficient (Wildman–Crippen LogP) is 2.92. The van der Waals surface area contributed by atoms with Crippen molar-refractivity contribution < 1.29 is 4.39 Å². The van der Waals surface area contributed by atoms with Crippen LogP contribution in [0, 0.1) is 12.7 Å². The monoisotopic (exact) mass is 311 g/mol. The van der Waals surface area contributed by atoms with Crippen molar-refractivity contribution >= 4 is 15.9 Å². The van der Waals surface area contributed by atoms with Gasteiger partial charge >= 0.3 is 0 Å². The van der Waals surface area contributed by atoms with Gasteiger partial charge in [0, 0.05) is 36.4 Å². The predicted molar refractivity (Wildman–Crippen MR) is 72.6 cm³/mol. The molecule has 0 aliphatic rings. The van der Waals surface area contributed by atoms with Gasteiger partial charge in [0.15, 0.2) is 0 Å². The third-order valence-electron chi connectivity index (χ3n) is 2.68. The fraction of sp³-hybridized carbons (Fsp3) is 0.308. The van der Waals surface area contributed by atoms with Crippen LogP contribution in [0.4, 0.5) is 4.39 Å². The Morgan fingerprint density at radius 3 is 2.72 bits per heavy atom. The van der Waals surface area contributed by atoms with E-state index in [2.05, 4.69) is 26.3 Å². The highest BCUT2D eigenvalue weighted by molar-refractivity contribution is 9.10. The molecule has 0 fully saturated rings. The number of rotatable bonds is 4. The first-order valence-electron chi connectivity index (χ1n) is 5.69. The fourth-order valence-electron chi connectivity index (χ4n) is 1.88. The van der Waals surface area contributed by atoms with Gasteiger partial charge in [-0.15, -0.1) is 0 Å². The standard InChI is InChI=1S/C13H15BrFN3/c1-9-11(8-18(2)17-9)7-16-6-10-3-12(14)5-13(15)4-10/h3-5,8,16H,6-7H2,1-2H3. The van der Waals surface area contributed by atoms with Crippen LogP contribution in [0.2, 0.25) is 0 Å². The van der Waals surface area contributed by atoms with Crippen LogP contribution in [-0.2, 0) is 20.1 Å². The van der Waals surface area contributed by atoms with Gasteiger partial charge in [-0.2, -0.15) is 5.10 Å². The Bertz CT molecular complexity index is 531. The quantitative estimate of drug-likeness (QED) is 0.941. The molecule has 0 saturated heterocycles. The number of halogens is 2. The second kappa shape index (κ2) is 5.63. The van der Waals surface area contributed by atoms with Crippen LogP contribution in [0.25, 0.3) is 0 Å². The smallest absolute Gasteiger partial charge is 0.124 e. The van der Waals surface area contributed by atoms with Crippen molar-refractivity contribution in [2.75, 3.05) is 0 Å². The summed E-state index contributed by atoms with van der Waals surface area (Å²) in [5.74, 6) is -0.223. The molecule has 0 aliphatic heterocycles. The number of hydrogen-bond donors (Lipinski definition) is 1. The van der Waals surface area contributed by atoms with Gasteiger partial charge in [0.1, 0.15) is 5.82 Å². The molecule has 1 heterocycles. The van der Waals surface area contributed by atoms with Crippen LogP contribution in [0.3, 0.4) is 0 Å². The third-order valence-corrected chi connectivity index (χ3v) is 3.14. The van der Waals surface area contributed by atoms with Gasteiger partial charge in [0.25, 0.3) is 0 Å². The lowest BCUT2D eigenvalue weighted by Crippen LogP contribution is -2.13. The third kappa shape index (κ3) is 3.40. The molecule has 5 heteroatoms. The second-order valence-electron chi connectivity index (χ2n) is 4.29.